The number of rotatable bonds is 8. The van der Waals surface area contributed by atoms with Crippen molar-refractivity contribution < 1.29 is 14.0 Å². The number of hydrogen-bond donors (Lipinski definition) is 2. The minimum Gasteiger partial charge on any atom is -0.369 e. The van der Waals surface area contributed by atoms with Crippen molar-refractivity contribution in [3.05, 3.63) is 66.9 Å². The average Bonchev–Trinajstić information content (AvgIpc) is 3.22. The monoisotopic (exact) mass is 468 g/mol. The Morgan fingerprint density at radius 1 is 1.03 bits per heavy atom. The van der Waals surface area contributed by atoms with Crippen LogP contribution in [-0.4, -0.2) is 43.1 Å². The first kappa shape index (κ1) is 21.8. The number of carbonyl (C=O) groups is 2. The van der Waals surface area contributed by atoms with Gasteiger partial charge in [-0.15, -0.1) is 11.8 Å². The van der Waals surface area contributed by atoms with Gasteiger partial charge in [0.2, 0.25) is 11.8 Å². The van der Waals surface area contributed by atoms with Crippen molar-refractivity contribution in [1.29, 1.82) is 0 Å². The van der Waals surface area contributed by atoms with E-state index in [9.17, 15) is 14.0 Å². The van der Waals surface area contributed by atoms with Crippen molar-refractivity contribution in [2.45, 2.75) is 9.92 Å². The summed E-state index contributed by atoms with van der Waals surface area (Å²) >= 11 is 2.52. The number of halogens is 1. The van der Waals surface area contributed by atoms with E-state index in [4.69, 9.17) is 5.73 Å². The molecule has 2 aromatic carbocycles. The van der Waals surface area contributed by atoms with Gasteiger partial charge >= 0.3 is 0 Å². The predicted octanol–water partition coefficient (Wildman–Crippen LogP) is 3.26. The molecule has 0 aliphatic rings. The van der Waals surface area contributed by atoms with E-state index >= 15 is 0 Å². The zero-order valence-corrected chi connectivity index (χ0v) is 18.2. The number of fused-ring (bicyclic) bond motifs is 1. The lowest BCUT2D eigenvalue weighted by Crippen LogP contribution is -2.16. The van der Waals surface area contributed by atoms with Gasteiger partial charge in [-0.3, -0.25) is 9.59 Å². The molecule has 8 nitrogen and oxygen atoms in total. The molecular formula is C21H17FN6O2S2. The topological polar surface area (TPSA) is 116 Å². The number of aromatic nitrogens is 4. The van der Waals surface area contributed by atoms with Crippen LogP contribution in [0.25, 0.3) is 16.7 Å². The van der Waals surface area contributed by atoms with Crippen LogP contribution >= 0.6 is 23.5 Å². The van der Waals surface area contributed by atoms with Crippen molar-refractivity contribution in [3.8, 4) is 5.69 Å². The minimum atomic E-state index is -0.430. The number of carbonyl (C=O) groups excluding carboxylic acids is 2. The van der Waals surface area contributed by atoms with Gasteiger partial charge in [0.25, 0.3) is 0 Å². The van der Waals surface area contributed by atoms with Crippen molar-refractivity contribution in [2.24, 2.45) is 5.73 Å². The number of nitrogens with one attached hydrogen (secondary N) is 1. The molecule has 0 atom stereocenters. The summed E-state index contributed by atoms with van der Waals surface area (Å²) in [6.07, 6.45) is 3.02. The summed E-state index contributed by atoms with van der Waals surface area (Å²) < 4.78 is 14.8. The number of nitrogens with two attached hydrogens (primary N) is 1. The Morgan fingerprint density at radius 3 is 2.59 bits per heavy atom. The molecular weight excluding hydrogens is 451 g/mol. The molecule has 162 valence electrons. The number of anilines is 1. The van der Waals surface area contributed by atoms with Crippen LogP contribution in [0.1, 0.15) is 0 Å². The van der Waals surface area contributed by atoms with Crippen molar-refractivity contribution >= 4 is 52.1 Å². The number of nitrogens with zero attached hydrogens (tertiary/aromatic N) is 4. The van der Waals surface area contributed by atoms with Crippen LogP contribution in [0.4, 0.5) is 10.1 Å². The first-order valence-corrected chi connectivity index (χ1v) is 11.4. The lowest BCUT2D eigenvalue weighted by molar-refractivity contribution is -0.115. The summed E-state index contributed by atoms with van der Waals surface area (Å²) in [4.78, 5) is 32.9. The maximum absolute atomic E-state index is 13.2. The number of hydrogen-bond acceptors (Lipinski definition) is 7. The number of primary amides is 1. The molecule has 0 radical (unpaired) electrons. The van der Waals surface area contributed by atoms with E-state index in [1.807, 2.05) is 12.1 Å². The molecule has 0 aliphatic heterocycles. The molecule has 2 aromatic heterocycles. The fraction of sp³-hybridized carbons (Fsp3) is 0.0952. The first-order chi connectivity index (χ1) is 15.5. The van der Waals surface area contributed by atoms with Gasteiger partial charge in [0.1, 0.15) is 17.2 Å². The Morgan fingerprint density at radius 2 is 1.81 bits per heavy atom. The zero-order valence-electron chi connectivity index (χ0n) is 16.6. The van der Waals surface area contributed by atoms with Gasteiger partial charge in [-0.2, -0.15) is 5.10 Å². The summed E-state index contributed by atoms with van der Waals surface area (Å²) in [5.74, 6) is -0.751. The standard InChI is InChI=1S/C21H17FN6O2S2/c22-13-5-7-14(8-6-13)28-20-15(9-26-28)21(25-12-24-20)32-11-19(30)27-16-3-1-2-4-17(16)31-10-18(23)29/h1-9,12H,10-11H2,(H2,23,29)(H,27,30). The number of thioether (sulfide) groups is 2. The Kier molecular flexibility index (Phi) is 6.66. The zero-order chi connectivity index (χ0) is 22.5. The third-order valence-corrected chi connectivity index (χ3v) is 6.37. The van der Waals surface area contributed by atoms with Gasteiger partial charge in [0, 0.05) is 4.90 Å². The number of amides is 2. The Balaban J connectivity index is 1.46. The third-order valence-electron chi connectivity index (χ3n) is 4.27. The van der Waals surface area contributed by atoms with E-state index < -0.39 is 5.91 Å². The predicted molar refractivity (Wildman–Crippen MR) is 122 cm³/mol. The molecule has 0 fully saturated rings. The third kappa shape index (κ3) is 5.06. The Labute approximate surface area is 190 Å². The highest BCUT2D eigenvalue weighted by atomic mass is 32.2. The van der Waals surface area contributed by atoms with Crippen molar-refractivity contribution in [3.63, 3.8) is 0 Å². The summed E-state index contributed by atoms with van der Waals surface area (Å²) in [6, 6.07) is 13.1. The maximum Gasteiger partial charge on any atom is 0.234 e. The molecule has 0 unspecified atom stereocenters. The molecule has 0 spiro atoms. The van der Waals surface area contributed by atoms with Gasteiger partial charge in [0.15, 0.2) is 5.65 Å². The molecule has 2 heterocycles. The molecule has 0 bridgehead atoms. The van der Waals surface area contributed by atoms with Crippen LogP contribution in [0.15, 0.2) is 71.0 Å². The second-order valence-electron chi connectivity index (χ2n) is 6.54. The van der Waals surface area contributed by atoms with Crippen LogP contribution in [0.2, 0.25) is 0 Å². The molecule has 0 saturated heterocycles. The lowest BCUT2D eigenvalue weighted by atomic mass is 10.3. The van der Waals surface area contributed by atoms with Gasteiger partial charge in [-0.05, 0) is 36.4 Å². The van der Waals surface area contributed by atoms with E-state index in [1.165, 1.54) is 42.0 Å². The first-order valence-electron chi connectivity index (χ1n) is 9.39. The highest BCUT2D eigenvalue weighted by Crippen LogP contribution is 2.28. The fourth-order valence-electron chi connectivity index (χ4n) is 2.87. The molecule has 32 heavy (non-hydrogen) atoms. The Bertz CT molecular complexity index is 1280. The summed E-state index contributed by atoms with van der Waals surface area (Å²) in [5, 5.41) is 8.48. The smallest absolute Gasteiger partial charge is 0.234 e. The van der Waals surface area contributed by atoms with Gasteiger partial charge < -0.3 is 11.1 Å². The van der Waals surface area contributed by atoms with Crippen molar-refractivity contribution in [2.75, 3.05) is 16.8 Å². The molecule has 4 rings (SSSR count). The van der Waals surface area contributed by atoms with Crippen LogP contribution in [-0.2, 0) is 9.59 Å². The van der Waals surface area contributed by atoms with E-state index in [2.05, 4.69) is 20.4 Å². The second kappa shape index (κ2) is 9.79. The maximum atomic E-state index is 13.2. The molecule has 0 saturated carbocycles. The number of para-hydroxylation sites is 1. The highest BCUT2D eigenvalue weighted by Gasteiger charge is 2.14. The Hall–Kier alpha value is -3.44. The van der Waals surface area contributed by atoms with Gasteiger partial charge in [-0.25, -0.2) is 19.0 Å². The summed E-state index contributed by atoms with van der Waals surface area (Å²) in [6.45, 7) is 0. The molecule has 3 N–H and O–H groups in total. The van der Waals surface area contributed by atoms with Gasteiger partial charge in [0.05, 0.1) is 34.5 Å². The molecule has 2 amide bonds. The highest BCUT2D eigenvalue weighted by molar-refractivity contribution is 8.00. The SMILES string of the molecule is NC(=O)CSc1ccccc1NC(=O)CSc1ncnc2c1cnn2-c1ccc(F)cc1. The van der Waals surface area contributed by atoms with Crippen LogP contribution in [0.5, 0.6) is 0 Å². The van der Waals surface area contributed by atoms with Crippen LogP contribution in [0, 0.1) is 5.82 Å². The van der Waals surface area contributed by atoms with E-state index in [-0.39, 0.29) is 23.2 Å². The minimum absolute atomic E-state index is 0.114. The van der Waals surface area contributed by atoms with E-state index in [1.54, 1.807) is 35.1 Å². The lowest BCUT2D eigenvalue weighted by Gasteiger charge is -2.10. The molecule has 11 heteroatoms. The summed E-state index contributed by atoms with van der Waals surface area (Å²) in [7, 11) is 0. The largest absolute Gasteiger partial charge is 0.369 e. The summed E-state index contributed by atoms with van der Waals surface area (Å²) in [5.41, 5.74) is 7.04. The second-order valence-corrected chi connectivity index (χ2v) is 8.52. The normalized spacial score (nSPS) is 10.9. The van der Waals surface area contributed by atoms with Crippen molar-refractivity contribution in [1.82, 2.24) is 19.7 Å². The van der Waals surface area contributed by atoms with Crippen LogP contribution in [0.3, 0.4) is 0 Å². The van der Waals surface area contributed by atoms with E-state index in [0.717, 1.165) is 4.90 Å². The molecule has 0 aliphatic carbocycles. The quantitative estimate of drug-likeness (QED) is 0.301. The fourth-order valence-corrected chi connectivity index (χ4v) is 4.38. The average molecular weight is 469 g/mol. The van der Waals surface area contributed by atoms with Gasteiger partial charge in [-0.1, -0.05) is 23.9 Å². The molecule has 4 aromatic rings. The van der Waals surface area contributed by atoms with E-state index in [0.29, 0.717) is 27.4 Å². The number of benzene rings is 2. The van der Waals surface area contributed by atoms with Crippen LogP contribution < -0.4 is 11.1 Å².